The van der Waals surface area contributed by atoms with E-state index in [1.807, 2.05) is 18.2 Å². The van der Waals surface area contributed by atoms with Gasteiger partial charge in [-0.15, -0.1) is 25.5 Å². The smallest absolute Gasteiger partial charge is 0.204 e. The molecule has 0 aliphatic heterocycles. The van der Waals surface area contributed by atoms with Crippen LogP contribution in [0.1, 0.15) is 0 Å². The molecule has 10 heteroatoms. The Balaban J connectivity index is 2.02. The van der Waals surface area contributed by atoms with Gasteiger partial charge in [0.2, 0.25) is 5.82 Å². The van der Waals surface area contributed by atoms with Gasteiger partial charge in [0, 0.05) is 22.9 Å². The number of hydrogen-bond donors (Lipinski definition) is 0. The lowest BCUT2D eigenvalue weighted by Gasteiger charge is -2.10. The SMILES string of the molecule is c1cc(-c2nccnn2)c(-c2ncncn2)c(-c2nncnn2)c1. The Morgan fingerprint density at radius 2 is 1.29 bits per heavy atom. The molecule has 0 saturated heterocycles. The van der Waals surface area contributed by atoms with Crippen molar-refractivity contribution in [3.05, 3.63) is 49.6 Å². The number of benzene rings is 1. The Labute approximate surface area is 135 Å². The van der Waals surface area contributed by atoms with Crippen LogP contribution < -0.4 is 0 Å². The zero-order valence-corrected chi connectivity index (χ0v) is 12.1. The molecule has 114 valence electrons. The van der Waals surface area contributed by atoms with E-state index in [1.54, 1.807) is 6.20 Å². The van der Waals surface area contributed by atoms with E-state index in [9.17, 15) is 0 Å². The van der Waals surface area contributed by atoms with Crippen molar-refractivity contribution in [2.24, 2.45) is 0 Å². The Hall–Kier alpha value is -3.82. The van der Waals surface area contributed by atoms with Crippen LogP contribution in [0, 0.1) is 0 Å². The van der Waals surface area contributed by atoms with Crippen LogP contribution in [-0.2, 0) is 0 Å². The van der Waals surface area contributed by atoms with Gasteiger partial charge in [0.05, 0.1) is 6.20 Å². The van der Waals surface area contributed by atoms with Crippen LogP contribution in [0.4, 0.5) is 0 Å². The highest BCUT2D eigenvalue weighted by Gasteiger charge is 2.19. The van der Waals surface area contributed by atoms with Crippen molar-refractivity contribution >= 4 is 0 Å². The fraction of sp³-hybridized carbons (Fsp3) is 0. The molecular formula is C14H8N10. The third kappa shape index (κ3) is 2.52. The molecule has 0 atom stereocenters. The van der Waals surface area contributed by atoms with Crippen molar-refractivity contribution in [2.75, 3.05) is 0 Å². The molecule has 0 spiro atoms. The molecular weight excluding hydrogens is 308 g/mol. The largest absolute Gasteiger partial charge is 0.233 e. The van der Waals surface area contributed by atoms with Crippen LogP contribution in [-0.4, -0.2) is 50.5 Å². The highest BCUT2D eigenvalue weighted by Crippen LogP contribution is 2.34. The molecule has 3 heterocycles. The van der Waals surface area contributed by atoms with Gasteiger partial charge in [0.1, 0.15) is 12.7 Å². The summed E-state index contributed by atoms with van der Waals surface area (Å²) < 4.78 is 0. The van der Waals surface area contributed by atoms with Gasteiger partial charge in [-0.2, -0.15) is 5.10 Å². The van der Waals surface area contributed by atoms with E-state index in [2.05, 4.69) is 50.5 Å². The minimum Gasteiger partial charge on any atom is -0.233 e. The van der Waals surface area contributed by atoms with Gasteiger partial charge in [0.25, 0.3) is 0 Å². The van der Waals surface area contributed by atoms with E-state index in [0.29, 0.717) is 34.2 Å². The number of nitrogens with zero attached hydrogens (tertiary/aromatic N) is 10. The molecule has 3 aromatic heterocycles. The first-order valence-electron chi connectivity index (χ1n) is 6.83. The number of rotatable bonds is 3. The maximum atomic E-state index is 4.25. The van der Waals surface area contributed by atoms with Gasteiger partial charge in [-0.3, -0.25) is 0 Å². The normalized spacial score (nSPS) is 10.5. The highest BCUT2D eigenvalue weighted by molar-refractivity contribution is 5.88. The van der Waals surface area contributed by atoms with Crippen LogP contribution in [0.15, 0.2) is 49.6 Å². The minimum absolute atomic E-state index is 0.346. The van der Waals surface area contributed by atoms with Crippen molar-refractivity contribution in [1.82, 2.24) is 50.5 Å². The van der Waals surface area contributed by atoms with Crippen LogP contribution >= 0.6 is 0 Å². The second-order valence-electron chi connectivity index (χ2n) is 4.53. The summed E-state index contributed by atoms with van der Waals surface area (Å²) in [5.41, 5.74) is 2.01. The summed E-state index contributed by atoms with van der Waals surface area (Å²) in [5, 5.41) is 23.5. The van der Waals surface area contributed by atoms with E-state index < -0.39 is 0 Å². The third-order valence-corrected chi connectivity index (χ3v) is 3.15. The van der Waals surface area contributed by atoms with Crippen molar-refractivity contribution in [3.8, 4) is 34.2 Å². The molecule has 0 unspecified atom stereocenters. The van der Waals surface area contributed by atoms with Crippen molar-refractivity contribution in [1.29, 1.82) is 0 Å². The van der Waals surface area contributed by atoms with E-state index in [0.717, 1.165) is 0 Å². The predicted octanol–water partition coefficient (Wildman–Crippen LogP) is 0.638. The topological polar surface area (TPSA) is 129 Å². The lowest BCUT2D eigenvalue weighted by Crippen LogP contribution is -2.01. The van der Waals surface area contributed by atoms with Gasteiger partial charge in [-0.1, -0.05) is 18.2 Å². The molecule has 0 fully saturated rings. The molecule has 1 aromatic carbocycles. The third-order valence-electron chi connectivity index (χ3n) is 3.15. The molecule has 4 rings (SSSR count). The molecule has 4 aromatic rings. The second-order valence-corrected chi connectivity index (χ2v) is 4.53. The fourth-order valence-corrected chi connectivity index (χ4v) is 2.22. The fourth-order valence-electron chi connectivity index (χ4n) is 2.22. The average Bonchev–Trinajstić information content (AvgIpc) is 2.69. The van der Waals surface area contributed by atoms with Gasteiger partial charge in [0.15, 0.2) is 18.0 Å². The summed E-state index contributed by atoms with van der Waals surface area (Å²) in [4.78, 5) is 16.6. The standard InChI is InChI=1S/C14H8N10/c1-2-9(12-16-4-5-19-22-12)11(14-17-6-15-7-18-14)10(3-1)13-23-20-8-21-24-13/h1-8H. The Morgan fingerprint density at radius 3 is 2.00 bits per heavy atom. The van der Waals surface area contributed by atoms with Crippen LogP contribution in [0.2, 0.25) is 0 Å². The maximum absolute atomic E-state index is 4.25. The Morgan fingerprint density at radius 1 is 0.583 bits per heavy atom. The van der Waals surface area contributed by atoms with E-state index in [1.165, 1.54) is 25.2 Å². The predicted molar refractivity (Wildman–Crippen MR) is 80.7 cm³/mol. The monoisotopic (exact) mass is 316 g/mol. The van der Waals surface area contributed by atoms with Crippen molar-refractivity contribution < 1.29 is 0 Å². The molecule has 0 radical (unpaired) electrons. The number of hydrogen-bond acceptors (Lipinski definition) is 10. The quantitative estimate of drug-likeness (QED) is 0.530. The van der Waals surface area contributed by atoms with Gasteiger partial charge < -0.3 is 0 Å². The Bertz CT molecular complexity index is 889. The van der Waals surface area contributed by atoms with E-state index in [4.69, 9.17) is 0 Å². The summed E-state index contributed by atoms with van der Waals surface area (Å²) in [6.45, 7) is 0. The average molecular weight is 316 g/mol. The number of aromatic nitrogens is 10. The van der Waals surface area contributed by atoms with Gasteiger partial charge in [-0.25, -0.2) is 19.9 Å². The zero-order valence-electron chi connectivity index (χ0n) is 12.1. The molecule has 0 aliphatic carbocycles. The lowest BCUT2D eigenvalue weighted by atomic mass is 9.99. The maximum Gasteiger partial charge on any atom is 0.204 e. The van der Waals surface area contributed by atoms with E-state index >= 15 is 0 Å². The molecule has 0 aliphatic rings. The van der Waals surface area contributed by atoms with Crippen molar-refractivity contribution in [3.63, 3.8) is 0 Å². The molecule has 0 saturated carbocycles. The summed E-state index contributed by atoms with van der Waals surface area (Å²) in [6, 6.07) is 5.52. The zero-order chi connectivity index (χ0) is 16.2. The summed E-state index contributed by atoms with van der Waals surface area (Å²) >= 11 is 0. The van der Waals surface area contributed by atoms with Gasteiger partial charge in [-0.05, 0) is 0 Å². The molecule has 0 bridgehead atoms. The van der Waals surface area contributed by atoms with Crippen LogP contribution in [0.5, 0.6) is 0 Å². The summed E-state index contributed by atoms with van der Waals surface area (Å²) in [6.07, 6.45) is 7.16. The first-order chi connectivity index (χ1) is 11.9. The molecule has 0 amide bonds. The Kier molecular flexibility index (Phi) is 3.52. The van der Waals surface area contributed by atoms with E-state index in [-0.39, 0.29) is 0 Å². The van der Waals surface area contributed by atoms with Gasteiger partial charge >= 0.3 is 0 Å². The molecule has 0 N–H and O–H groups in total. The second kappa shape index (κ2) is 6.12. The summed E-state index contributed by atoms with van der Waals surface area (Å²) in [5.74, 6) is 1.22. The first kappa shape index (κ1) is 13.8. The lowest BCUT2D eigenvalue weighted by molar-refractivity contribution is 0.864. The summed E-state index contributed by atoms with van der Waals surface area (Å²) in [7, 11) is 0. The molecule has 10 nitrogen and oxygen atoms in total. The molecule has 24 heavy (non-hydrogen) atoms. The minimum atomic E-state index is 0.346. The van der Waals surface area contributed by atoms with Crippen molar-refractivity contribution in [2.45, 2.75) is 0 Å². The first-order valence-corrected chi connectivity index (χ1v) is 6.83. The highest BCUT2D eigenvalue weighted by atomic mass is 15.3. The van der Waals surface area contributed by atoms with Crippen LogP contribution in [0.25, 0.3) is 34.2 Å². The van der Waals surface area contributed by atoms with Crippen LogP contribution in [0.3, 0.4) is 0 Å².